The van der Waals surface area contributed by atoms with Crippen LogP contribution in [0.25, 0.3) is 0 Å². The lowest BCUT2D eigenvalue weighted by molar-refractivity contribution is -0.102. The van der Waals surface area contributed by atoms with Gasteiger partial charge < -0.3 is 4.74 Å². The molecule has 0 amide bonds. The molecule has 2 rings (SSSR count). The monoisotopic (exact) mass is 205 g/mol. The molecule has 0 unspecified atom stereocenters. The zero-order valence-electron chi connectivity index (χ0n) is 9.28. The number of aldehydes is 1. The smallest absolute Gasteiger partial charge is 0.164 e. The van der Waals surface area contributed by atoms with Crippen molar-refractivity contribution in [1.29, 1.82) is 0 Å². The molecule has 0 atom stereocenters. The lowest BCUT2D eigenvalue weighted by Crippen LogP contribution is -1.97. The van der Waals surface area contributed by atoms with Gasteiger partial charge in [0.1, 0.15) is 5.75 Å². The number of nitrogens with zero attached hydrogens (tertiary/aromatic N) is 1. The van der Waals surface area contributed by atoms with Gasteiger partial charge in [0, 0.05) is 6.42 Å². The number of rotatable bonds is 2. The van der Waals surface area contributed by atoms with E-state index in [9.17, 15) is 4.79 Å². The highest BCUT2D eigenvalue weighted by Gasteiger charge is 2.13. The van der Waals surface area contributed by atoms with Crippen LogP contribution in [-0.4, -0.2) is 19.1 Å². The summed E-state index contributed by atoms with van der Waals surface area (Å²) < 4.78 is 5.07. The topological polar surface area (TPSA) is 38.7 Å². The van der Waals surface area contributed by atoms with Gasteiger partial charge in [0.2, 0.25) is 0 Å². The highest BCUT2D eigenvalue weighted by atomic mass is 16.5. The fourth-order valence-electron chi connectivity index (χ4n) is 1.40. The molecule has 0 aromatic heterocycles. The maximum absolute atomic E-state index is 10.5. The SMILES string of the molecule is CC.COc1ccc2c(c1)CC(C=O)=N2. The standard InChI is InChI=1S/C10H9NO2.C2H6/c1-13-9-2-3-10-7(5-9)4-8(6-12)11-10;1-2/h2-3,5-6H,4H2,1H3;1-2H3. The Bertz CT molecular complexity index is 383. The maximum atomic E-state index is 10.5. The molecule has 1 heterocycles. The maximum Gasteiger partial charge on any atom is 0.164 e. The van der Waals surface area contributed by atoms with Crippen LogP contribution in [0.2, 0.25) is 0 Å². The molecular formula is C12H15NO2. The second-order valence-electron chi connectivity index (χ2n) is 2.89. The van der Waals surface area contributed by atoms with Crippen LogP contribution in [0.3, 0.4) is 0 Å². The Morgan fingerprint density at radius 2 is 2.13 bits per heavy atom. The average Bonchev–Trinajstić information content (AvgIpc) is 2.73. The number of hydrogen-bond donors (Lipinski definition) is 0. The quantitative estimate of drug-likeness (QED) is 0.696. The van der Waals surface area contributed by atoms with Gasteiger partial charge in [0.05, 0.1) is 18.5 Å². The highest BCUT2D eigenvalue weighted by Crippen LogP contribution is 2.29. The van der Waals surface area contributed by atoms with Gasteiger partial charge in [-0.1, -0.05) is 13.8 Å². The molecule has 3 heteroatoms. The number of carbonyl (C=O) groups is 1. The molecule has 0 N–H and O–H groups in total. The number of hydrogen-bond acceptors (Lipinski definition) is 3. The first-order chi connectivity index (χ1) is 7.33. The van der Waals surface area contributed by atoms with Crippen LogP contribution in [0.1, 0.15) is 19.4 Å². The lowest BCUT2D eigenvalue weighted by Gasteiger charge is -2.01. The van der Waals surface area contributed by atoms with Gasteiger partial charge in [-0.05, 0) is 23.8 Å². The van der Waals surface area contributed by atoms with E-state index in [2.05, 4.69) is 4.99 Å². The lowest BCUT2D eigenvalue weighted by atomic mass is 10.1. The molecule has 15 heavy (non-hydrogen) atoms. The fourth-order valence-corrected chi connectivity index (χ4v) is 1.40. The summed E-state index contributed by atoms with van der Waals surface area (Å²) in [7, 11) is 1.62. The first-order valence-corrected chi connectivity index (χ1v) is 5.03. The minimum atomic E-state index is 0.586. The first kappa shape index (κ1) is 11.4. The second kappa shape index (κ2) is 5.29. The summed E-state index contributed by atoms with van der Waals surface area (Å²) in [5.41, 5.74) is 2.52. The van der Waals surface area contributed by atoms with Gasteiger partial charge in [-0.3, -0.25) is 4.79 Å². The summed E-state index contributed by atoms with van der Waals surface area (Å²) in [4.78, 5) is 14.6. The number of methoxy groups -OCH3 is 1. The van der Waals surface area contributed by atoms with Crippen LogP contribution in [0, 0.1) is 0 Å². The van der Waals surface area contributed by atoms with E-state index in [1.54, 1.807) is 7.11 Å². The van der Waals surface area contributed by atoms with Gasteiger partial charge in [-0.2, -0.15) is 0 Å². The number of carbonyl (C=O) groups excluding carboxylic acids is 1. The summed E-state index contributed by atoms with van der Waals surface area (Å²) in [6.07, 6.45) is 1.42. The van der Waals surface area contributed by atoms with Crippen molar-refractivity contribution in [2.45, 2.75) is 20.3 Å². The van der Waals surface area contributed by atoms with E-state index in [1.807, 2.05) is 32.0 Å². The molecule has 0 saturated carbocycles. The van der Waals surface area contributed by atoms with Gasteiger partial charge in [0.25, 0.3) is 0 Å². The van der Waals surface area contributed by atoms with Crippen LogP contribution in [-0.2, 0) is 11.2 Å². The Hall–Kier alpha value is -1.64. The van der Waals surface area contributed by atoms with Crippen molar-refractivity contribution in [1.82, 2.24) is 0 Å². The predicted octanol–water partition coefficient (Wildman–Crippen LogP) is 2.55. The molecule has 1 aromatic rings. The molecule has 0 spiro atoms. The van der Waals surface area contributed by atoms with Crippen LogP contribution >= 0.6 is 0 Å². The molecule has 1 aliphatic rings. The molecular weight excluding hydrogens is 190 g/mol. The molecule has 3 nitrogen and oxygen atoms in total. The second-order valence-corrected chi connectivity index (χ2v) is 2.89. The summed E-state index contributed by atoms with van der Waals surface area (Å²) in [5.74, 6) is 0.807. The molecule has 0 radical (unpaired) electrons. The average molecular weight is 205 g/mol. The minimum Gasteiger partial charge on any atom is -0.497 e. The van der Waals surface area contributed by atoms with E-state index in [0.29, 0.717) is 12.1 Å². The molecule has 0 saturated heterocycles. The Kier molecular flexibility index (Phi) is 4.03. The van der Waals surface area contributed by atoms with Crippen molar-refractivity contribution in [2.75, 3.05) is 7.11 Å². The number of ether oxygens (including phenoxy) is 1. The first-order valence-electron chi connectivity index (χ1n) is 5.03. The van der Waals surface area contributed by atoms with Crippen LogP contribution in [0.15, 0.2) is 23.2 Å². The van der Waals surface area contributed by atoms with Crippen LogP contribution in [0.5, 0.6) is 5.75 Å². The van der Waals surface area contributed by atoms with Gasteiger partial charge in [-0.15, -0.1) is 0 Å². The summed E-state index contributed by atoms with van der Waals surface area (Å²) in [6.45, 7) is 4.00. The zero-order chi connectivity index (χ0) is 11.3. The van der Waals surface area contributed by atoms with Crippen molar-refractivity contribution in [3.8, 4) is 5.75 Å². The van der Waals surface area contributed by atoms with E-state index in [0.717, 1.165) is 23.3 Å². The molecule has 1 aliphatic heterocycles. The minimum absolute atomic E-state index is 0.586. The molecule has 0 fully saturated rings. The molecule has 1 aromatic carbocycles. The van der Waals surface area contributed by atoms with Gasteiger partial charge in [0.15, 0.2) is 6.29 Å². The Morgan fingerprint density at radius 3 is 2.73 bits per heavy atom. The molecule has 0 bridgehead atoms. The molecule has 80 valence electrons. The Morgan fingerprint density at radius 1 is 1.40 bits per heavy atom. The normalized spacial score (nSPS) is 12.1. The fraction of sp³-hybridized carbons (Fsp3) is 0.333. The van der Waals surface area contributed by atoms with Crippen molar-refractivity contribution in [3.63, 3.8) is 0 Å². The van der Waals surface area contributed by atoms with E-state index in [-0.39, 0.29) is 0 Å². The van der Waals surface area contributed by atoms with Gasteiger partial charge in [-0.25, -0.2) is 4.99 Å². The molecule has 0 aliphatic carbocycles. The van der Waals surface area contributed by atoms with Crippen molar-refractivity contribution in [2.24, 2.45) is 4.99 Å². The number of fused-ring (bicyclic) bond motifs is 1. The van der Waals surface area contributed by atoms with E-state index < -0.39 is 0 Å². The zero-order valence-corrected chi connectivity index (χ0v) is 9.28. The largest absolute Gasteiger partial charge is 0.497 e. The highest BCUT2D eigenvalue weighted by molar-refractivity contribution is 6.31. The third kappa shape index (κ3) is 2.43. The van der Waals surface area contributed by atoms with E-state index in [1.165, 1.54) is 0 Å². The third-order valence-corrected chi connectivity index (χ3v) is 2.06. The summed E-state index contributed by atoms with van der Waals surface area (Å²) in [6, 6.07) is 5.62. The van der Waals surface area contributed by atoms with Crippen molar-refractivity contribution >= 4 is 17.7 Å². The van der Waals surface area contributed by atoms with Crippen LogP contribution < -0.4 is 4.74 Å². The van der Waals surface area contributed by atoms with E-state index in [4.69, 9.17) is 4.74 Å². The van der Waals surface area contributed by atoms with Crippen molar-refractivity contribution in [3.05, 3.63) is 23.8 Å². The number of aliphatic imine (C=N–C) groups is 1. The van der Waals surface area contributed by atoms with Crippen molar-refractivity contribution < 1.29 is 9.53 Å². The third-order valence-electron chi connectivity index (χ3n) is 2.06. The van der Waals surface area contributed by atoms with Crippen LogP contribution in [0.4, 0.5) is 5.69 Å². The van der Waals surface area contributed by atoms with E-state index >= 15 is 0 Å². The summed E-state index contributed by atoms with van der Waals surface area (Å²) in [5, 5.41) is 0. The Labute approximate surface area is 89.8 Å². The predicted molar refractivity (Wildman–Crippen MR) is 61.2 cm³/mol. The Balaban J connectivity index is 0.000000531. The number of benzene rings is 1. The van der Waals surface area contributed by atoms with Gasteiger partial charge >= 0.3 is 0 Å². The summed E-state index contributed by atoms with van der Waals surface area (Å²) >= 11 is 0.